The SMILES string of the molecule is COc1cnc2c(Oc3ccc(Nc4nnc(-c5cccc(O)c5C)c5ccccc45)cc3)ccnc2c1. The minimum Gasteiger partial charge on any atom is -0.508 e. The summed E-state index contributed by atoms with van der Waals surface area (Å²) in [5.74, 6) is 2.76. The van der Waals surface area contributed by atoms with Crippen molar-refractivity contribution in [3.63, 3.8) is 0 Å². The average molecular weight is 502 g/mol. The van der Waals surface area contributed by atoms with Crippen LogP contribution < -0.4 is 14.8 Å². The van der Waals surface area contributed by atoms with E-state index in [0.717, 1.165) is 33.3 Å². The van der Waals surface area contributed by atoms with Crippen LogP contribution >= 0.6 is 0 Å². The summed E-state index contributed by atoms with van der Waals surface area (Å²) in [7, 11) is 1.59. The van der Waals surface area contributed by atoms with Crippen molar-refractivity contribution < 1.29 is 14.6 Å². The maximum Gasteiger partial charge on any atom is 0.161 e. The zero-order valence-corrected chi connectivity index (χ0v) is 20.7. The zero-order valence-electron chi connectivity index (χ0n) is 20.7. The monoisotopic (exact) mass is 501 g/mol. The topological polar surface area (TPSA) is 102 Å². The van der Waals surface area contributed by atoms with E-state index in [-0.39, 0.29) is 5.75 Å². The third-order valence-electron chi connectivity index (χ3n) is 6.34. The van der Waals surface area contributed by atoms with E-state index in [1.165, 1.54) is 0 Å². The summed E-state index contributed by atoms with van der Waals surface area (Å²) in [5, 5.41) is 24.4. The minimum absolute atomic E-state index is 0.230. The predicted molar refractivity (Wildman–Crippen MR) is 147 cm³/mol. The highest BCUT2D eigenvalue weighted by atomic mass is 16.5. The van der Waals surface area contributed by atoms with E-state index in [9.17, 15) is 5.11 Å². The van der Waals surface area contributed by atoms with Crippen molar-refractivity contribution in [3.05, 3.63) is 96.8 Å². The van der Waals surface area contributed by atoms with E-state index in [1.54, 1.807) is 31.6 Å². The van der Waals surface area contributed by atoms with Crippen molar-refractivity contribution in [2.45, 2.75) is 6.92 Å². The Morgan fingerprint density at radius 1 is 0.816 bits per heavy atom. The van der Waals surface area contributed by atoms with Crippen LogP contribution in [-0.4, -0.2) is 32.4 Å². The number of rotatable bonds is 6. The Morgan fingerprint density at radius 2 is 1.63 bits per heavy atom. The van der Waals surface area contributed by atoms with Gasteiger partial charge in [0.25, 0.3) is 0 Å². The Bertz CT molecular complexity index is 1790. The van der Waals surface area contributed by atoms with E-state index >= 15 is 0 Å². The molecule has 6 aromatic rings. The molecule has 3 aromatic carbocycles. The fourth-order valence-electron chi connectivity index (χ4n) is 4.33. The molecule has 0 unspecified atom stereocenters. The summed E-state index contributed by atoms with van der Waals surface area (Å²) in [6.07, 6.45) is 3.32. The molecule has 0 spiro atoms. The molecule has 0 aliphatic heterocycles. The van der Waals surface area contributed by atoms with Crippen LogP contribution in [0.2, 0.25) is 0 Å². The van der Waals surface area contributed by atoms with Gasteiger partial charge in [-0.1, -0.05) is 36.4 Å². The van der Waals surface area contributed by atoms with Gasteiger partial charge >= 0.3 is 0 Å². The number of fused-ring (bicyclic) bond motifs is 2. The van der Waals surface area contributed by atoms with Gasteiger partial charge in [-0.25, -0.2) is 4.98 Å². The van der Waals surface area contributed by atoms with E-state index in [4.69, 9.17) is 9.47 Å². The highest BCUT2D eigenvalue weighted by Gasteiger charge is 2.14. The molecule has 0 aliphatic rings. The summed E-state index contributed by atoms with van der Waals surface area (Å²) in [6, 6.07) is 24.5. The van der Waals surface area contributed by atoms with Crippen molar-refractivity contribution in [2.24, 2.45) is 0 Å². The second-order valence-corrected chi connectivity index (χ2v) is 8.70. The summed E-state index contributed by atoms with van der Waals surface area (Å²) in [5.41, 5.74) is 4.51. The summed E-state index contributed by atoms with van der Waals surface area (Å²) >= 11 is 0. The Hall–Kier alpha value is -5.24. The fraction of sp³-hybridized carbons (Fsp3) is 0.0667. The molecule has 6 rings (SSSR count). The van der Waals surface area contributed by atoms with Crippen molar-refractivity contribution in [1.82, 2.24) is 20.2 Å². The molecular formula is C30H23N5O3. The number of methoxy groups -OCH3 is 1. The number of hydrogen-bond acceptors (Lipinski definition) is 8. The lowest BCUT2D eigenvalue weighted by Gasteiger charge is -2.13. The van der Waals surface area contributed by atoms with Gasteiger partial charge in [0.2, 0.25) is 0 Å². The van der Waals surface area contributed by atoms with Gasteiger partial charge in [-0.15, -0.1) is 10.2 Å². The van der Waals surface area contributed by atoms with Crippen LogP contribution in [0.4, 0.5) is 11.5 Å². The third-order valence-corrected chi connectivity index (χ3v) is 6.34. The lowest BCUT2D eigenvalue weighted by atomic mass is 10.00. The number of phenolic OH excluding ortho intramolecular Hbond substituents is 1. The zero-order chi connectivity index (χ0) is 26.1. The minimum atomic E-state index is 0.230. The quantitative estimate of drug-likeness (QED) is 0.257. The molecule has 186 valence electrons. The lowest BCUT2D eigenvalue weighted by Crippen LogP contribution is -2.00. The second kappa shape index (κ2) is 9.67. The van der Waals surface area contributed by atoms with E-state index in [0.29, 0.717) is 34.1 Å². The first-order valence-electron chi connectivity index (χ1n) is 12.0. The molecule has 0 amide bonds. The number of aromatic hydroxyl groups is 1. The van der Waals surface area contributed by atoms with Gasteiger partial charge in [0.05, 0.1) is 18.8 Å². The maximum absolute atomic E-state index is 10.2. The molecule has 3 heterocycles. The summed E-state index contributed by atoms with van der Waals surface area (Å²) < 4.78 is 11.3. The third kappa shape index (κ3) is 4.28. The smallest absolute Gasteiger partial charge is 0.161 e. The first-order chi connectivity index (χ1) is 18.6. The van der Waals surface area contributed by atoms with Crippen LogP contribution in [-0.2, 0) is 0 Å². The van der Waals surface area contributed by atoms with Crippen LogP contribution in [0, 0.1) is 6.92 Å². The standard InChI is InChI=1S/C30H23N5O3/c1-18-22(8-5-9-26(18)36)28-23-6-3-4-7-24(23)30(35-34-28)33-19-10-12-20(13-11-19)38-27-14-15-31-25-16-21(37-2)17-32-29(25)27/h3-17,36H,1-2H3,(H,33,35). The van der Waals surface area contributed by atoms with Crippen LogP contribution in [0.1, 0.15) is 5.56 Å². The Labute approximate surface area is 218 Å². The molecule has 0 aliphatic carbocycles. The molecule has 0 atom stereocenters. The van der Waals surface area contributed by atoms with Gasteiger partial charge in [-0.3, -0.25) is 4.98 Å². The molecule has 0 fully saturated rings. The van der Waals surface area contributed by atoms with Gasteiger partial charge in [0.1, 0.15) is 28.5 Å². The number of ether oxygens (including phenoxy) is 2. The molecule has 0 bridgehead atoms. The van der Waals surface area contributed by atoms with Crippen LogP contribution in [0.15, 0.2) is 91.3 Å². The number of phenols is 1. The first kappa shape index (κ1) is 23.2. The van der Waals surface area contributed by atoms with Crippen molar-refractivity contribution >= 4 is 33.3 Å². The maximum atomic E-state index is 10.2. The van der Waals surface area contributed by atoms with Crippen LogP contribution in [0.25, 0.3) is 33.1 Å². The van der Waals surface area contributed by atoms with Gasteiger partial charge in [-0.05, 0) is 37.3 Å². The van der Waals surface area contributed by atoms with Crippen molar-refractivity contribution in [3.8, 4) is 34.3 Å². The molecule has 0 saturated heterocycles. The van der Waals surface area contributed by atoms with E-state index in [1.807, 2.05) is 73.7 Å². The Kier molecular flexibility index (Phi) is 5.89. The average Bonchev–Trinajstić information content (AvgIpc) is 2.96. The fourth-order valence-corrected chi connectivity index (χ4v) is 4.33. The molecule has 0 radical (unpaired) electrons. The first-order valence-corrected chi connectivity index (χ1v) is 12.0. The normalized spacial score (nSPS) is 11.0. The number of nitrogens with zero attached hydrogens (tertiary/aromatic N) is 4. The van der Waals surface area contributed by atoms with Gasteiger partial charge in [-0.2, -0.15) is 0 Å². The van der Waals surface area contributed by atoms with Crippen molar-refractivity contribution in [1.29, 1.82) is 0 Å². The highest BCUT2D eigenvalue weighted by Crippen LogP contribution is 2.35. The molecule has 3 aromatic heterocycles. The van der Waals surface area contributed by atoms with Crippen LogP contribution in [0.5, 0.6) is 23.0 Å². The number of hydrogen-bond donors (Lipinski definition) is 2. The number of nitrogens with one attached hydrogen (secondary N) is 1. The van der Waals surface area contributed by atoms with Crippen LogP contribution in [0.3, 0.4) is 0 Å². The van der Waals surface area contributed by atoms with E-state index < -0.39 is 0 Å². The lowest BCUT2D eigenvalue weighted by molar-refractivity contribution is 0.413. The number of benzene rings is 3. The predicted octanol–water partition coefficient (Wildman–Crippen LogP) is 6.80. The Morgan fingerprint density at radius 3 is 2.45 bits per heavy atom. The summed E-state index contributed by atoms with van der Waals surface area (Å²) in [4.78, 5) is 8.79. The number of pyridine rings is 2. The molecule has 8 heteroatoms. The van der Waals surface area contributed by atoms with Crippen molar-refractivity contribution in [2.75, 3.05) is 12.4 Å². The molecule has 38 heavy (non-hydrogen) atoms. The second-order valence-electron chi connectivity index (χ2n) is 8.70. The number of aromatic nitrogens is 4. The molecule has 0 saturated carbocycles. The van der Waals surface area contributed by atoms with Gasteiger partial charge in [0, 0.05) is 45.9 Å². The Balaban J connectivity index is 1.28. The number of anilines is 2. The van der Waals surface area contributed by atoms with E-state index in [2.05, 4.69) is 25.5 Å². The largest absolute Gasteiger partial charge is 0.508 e. The van der Waals surface area contributed by atoms with Gasteiger partial charge < -0.3 is 19.9 Å². The van der Waals surface area contributed by atoms with Gasteiger partial charge in [0.15, 0.2) is 11.6 Å². The highest BCUT2D eigenvalue weighted by molar-refractivity contribution is 6.01. The molecule has 2 N–H and O–H groups in total. The molecular weight excluding hydrogens is 478 g/mol. The summed E-state index contributed by atoms with van der Waals surface area (Å²) in [6.45, 7) is 1.87. The molecule has 8 nitrogen and oxygen atoms in total.